The van der Waals surface area contributed by atoms with Gasteiger partial charge in [-0.15, -0.1) is 0 Å². The van der Waals surface area contributed by atoms with Crippen molar-refractivity contribution in [3.63, 3.8) is 0 Å². The van der Waals surface area contributed by atoms with Gasteiger partial charge in [-0.25, -0.2) is 0 Å². The molecule has 0 aliphatic carbocycles. The monoisotopic (exact) mass is 210 g/mol. The number of benzene rings is 1. The summed E-state index contributed by atoms with van der Waals surface area (Å²) in [6, 6.07) is 8.02. The van der Waals surface area contributed by atoms with Crippen LogP contribution in [-0.2, 0) is 6.42 Å². The van der Waals surface area contributed by atoms with E-state index in [1.165, 1.54) is 5.56 Å². The van der Waals surface area contributed by atoms with Gasteiger partial charge < -0.3 is 0 Å². The Morgan fingerprint density at radius 2 is 1.71 bits per heavy atom. The highest BCUT2D eigenvalue weighted by Crippen LogP contribution is 2.11. The Labute approximate surface area is 91.7 Å². The fourth-order valence-electron chi connectivity index (χ4n) is 1.34. The van der Waals surface area contributed by atoms with Crippen molar-refractivity contribution in [3.8, 4) is 0 Å². The van der Waals surface area contributed by atoms with Gasteiger partial charge in [-0.05, 0) is 37.2 Å². The van der Waals surface area contributed by atoms with Crippen molar-refractivity contribution in [1.29, 1.82) is 0 Å². The second kappa shape index (κ2) is 6.05. The maximum absolute atomic E-state index is 5.81. The summed E-state index contributed by atoms with van der Waals surface area (Å²) < 4.78 is 0. The van der Waals surface area contributed by atoms with E-state index < -0.39 is 0 Å². The van der Waals surface area contributed by atoms with Gasteiger partial charge in [0.25, 0.3) is 0 Å². The zero-order valence-electron chi connectivity index (χ0n) is 8.83. The number of hydrogen-bond acceptors (Lipinski definition) is 1. The summed E-state index contributed by atoms with van der Waals surface area (Å²) >= 11 is 5.81. The molecule has 0 aromatic heterocycles. The van der Waals surface area contributed by atoms with E-state index in [1.54, 1.807) is 0 Å². The van der Waals surface area contributed by atoms with Crippen LogP contribution in [0.3, 0.4) is 0 Å². The first-order chi connectivity index (χ1) is 6.76. The Morgan fingerprint density at radius 1 is 1.14 bits per heavy atom. The quantitative estimate of drug-likeness (QED) is 0.720. The van der Waals surface area contributed by atoms with Gasteiger partial charge in [0.2, 0.25) is 0 Å². The first-order valence-corrected chi connectivity index (χ1v) is 5.45. The Kier molecular flexibility index (Phi) is 4.99. The molecule has 0 N–H and O–H groups in total. The Balaban J connectivity index is 2.41. The van der Waals surface area contributed by atoms with Crippen LogP contribution < -0.4 is 0 Å². The van der Waals surface area contributed by atoms with Crippen molar-refractivity contribution in [2.75, 3.05) is 13.1 Å². The summed E-state index contributed by atoms with van der Waals surface area (Å²) in [5, 5.41) is 0.802. The minimum atomic E-state index is 0.802. The lowest BCUT2D eigenvalue weighted by molar-refractivity contribution is 0.365. The average Bonchev–Trinajstić information content (AvgIpc) is 2.22. The molecule has 0 amide bonds. The maximum atomic E-state index is 5.81. The number of nitrogens with zero attached hydrogens (tertiary/aromatic N) is 1. The number of hydrogen-bond donors (Lipinski definition) is 0. The molecule has 1 aromatic carbocycles. The van der Waals surface area contributed by atoms with Crippen molar-refractivity contribution in [2.24, 2.45) is 0 Å². The molecular weight excluding hydrogens is 194 g/mol. The van der Waals surface area contributed by atoms with Crippen molar-refractivity contribution >= 4 is 11.6 Å². The van der Waals surface area contributed by atoms with E-state index in [4.69, 9.17) is 11.6 Å². The molecule has 0 bridgehead atoms. The first kappa shape index (κ1) is 11.5. The van der Waals surface area contributed by atoms with Crippen molar-refractivity contribution in [2.45, 2.75) is 20.3 Å². The van der Waals surface area contributed by atoms with Crippen molar-refractivity contribution < 1.29 is 0 Å². The molecule has 1 rings (SSSR count). The maximum Gasteiger partial charge on any atom is 0.0406 e. The molecule has 14 heavy (non-hydrogen) atoms. The summed E-state index contributed by atoms with van der Waals surface area (Å²) in [5.41, 5.74) is 1.31. The van der Waals surface area contributed by atoms with Crippen LogP contribution in [0.1, 0.15) is 19.4 Å². The Hall–Kier alpha value is -0.530. The lowest BCUT2D eigenvalue weighted by atomic mass is 10.1. The van der Waals surface area contributed by atoms with Crippen LogP contribution >= 0.6 is 11.6 Å². The van der Waals surface area contributed by atoms with Crippen LogP contribution in [0.15, 0.2) is 24.3 Å². The number of rotatable bonds is 5. The van der Waals surface area contributed by atoms with Crippen LogP contribution in [0.2, 0.25) is 5.02 Å². The zero-order chi connectivity index (χ0) is 10.4. The van der Waals surface area contributed by atoms with Gasteiger partial charge in [0.15, 0.2) is 0 Å². The van der Waals surface area contributed by atoms with E-state index in [-0.39, 0.29) is 0 Å². The van der Waals surface area contributed by atoms with Crippen LogP contribution in [0, 0.1) is 6.54 Å². The molecule has 2 heteroatoms. The van der Waals surface area contributed by atoms with Crippen molar-refractivity contribution in [3.05, 3.63) is 41.4 Å². The fraction of sp³-hybridized carbons (Fsp3) is 0.417. The Morgan fingerprint density at radius 3 is 2.21 bits per heavy atom. The van der Waals surface area contributed by atoms with E-state index >= 15 is 0 Å². The number of likely N-dealkylation sites (N-methyl/N-ethyl adjacent to an activating group) is 1. The van der Waals surface area contributed by atoms with Crippen LogP contribution in [0.5, 0.6) is 0 Å². The highest BCUT2D eigenvalue weighted by atomic mass is 35.5. The lowest BCUT2D eigenvalue weighted by Gasteiger charge is -2.16. The topological polar surface area (TPSA) is 3.24 Å². The van der Waals surface area contributed by atoms with Gasteiger partial charge in [0.1, 0.15) is 0 Å². The molecule has 0 aliphatic rings. The molecule has 1 aromatic rings. The van der Waals surface area contributed by atoms with Crippen LogP contribution in [-0.4, -0.2) is 18.0 Å². The highest BCUT2D eigenvalue weighted by molar-refractivity contribution is 6.30. The van der Waals surface area contributed by atoms with E-state index in [0.717, 1.165) is 24.5 Å². The van der Waals surface area contributed by atoms with Gasteiger partial charge >= 0.3 is 0 Å². The smallest absolute Gasteiger partial charge is 0.0406 e. The summed E-state index contributed by atoms with van der Waals surface area (Å²) in [7, 11) is 0. The van der Waals surface area contributed by atoms with E-state index in [2.05, 4.69) is 37.4 Å². The van der Waals surface area contributed by atoms with Gasteiger partial charge in [0.05, 0.1) is 0 Å². The van der Waals surface area contributed by atoms with Crippen LogP contribution in [0.4, 0.5) is 0 Å². The van der Waals surface area contributed by atoms with E-state index in [9.17, 15) is 0 Å². The first-order valence-electron chi connectivity index (χ1n) is 5.08. The molecule has 0 aliphatic heterocycles. The molecule has 1 radical (unpaired) electrons. The van der Waals surface area contributed by atoms with Crippen LogP contribution in [0.25, 0.3) is 0 Å². The molecule has 1 nitrogen and oxygen atoms in total. The van der Waals surface area contributed by atoms with Crippen molar-refractivity contribution in [1.82, 2.24) is 4.90 Å². The molecule has 0 spiro atoms. The molecule has 0 saturated carbocycles. The summed E-state index contributed by atoms with van der Waals surface area (Å²) in [4.78, 5) is 2.30. The molecular formula is C12H17ClN. The third-order valence-corrected chi connectivity index (χ3v) is 2.56. The minimum absolute atomic E-state index is 0.802. The third-order valence-electron chi connectivity index (χ3n) is 2.31. The van der Waals surface area contributed by atoms with Gasteiger partial charge in [-0.3, -0.25) is 4.90 Å². The highest BCUT2D eigenvalue weighted by Gasteiger charge is 2.00. The standard InChI is InChI=1S/C12H17ClN/c1-3-14(4-2)10-9-11-5-7-12(13)8-6-11/h5-8,10H,3-4,9H2,1-2H3. The van der Waals surface area contributed by atoms with Gasteiger partial charge in [-0.2, -0.15) is 0 Å². The fourth-order valence-corrected chi connectivity index (χ4v) is 1.46. The molecule has 0 atom stereocenters. The third kappa shape index (κ3) is 3.69. The molecule has 77 valence electrons. The molecule has 0 fully saturated rings. The second-order valence-electron chi connectivity index (χ2n) is 3.23. The normalized spacial score (nSPS) is 10.9. The Bertz CT molecular complexity index is 252. The number of halogens is 1. The summed E-state index contributed by atoms with van der Waals surface area (Å²) in [6.07, 6.45) is 0.985. The predicted octanol–water partition coefficient (Wildman–Crippen LogP) is 3.39. The minimum Gasteiger partial charge on any atom is -0.299 e. The SMILES string of the molecule is CCN([CH]Cc1ccc(Cl)cc1)CC. The summed E-state index contributed by atoms with van der Waals surface area (Å²) in [5.74, 6) is 0. The van der Waals surface area contributed by atoms with Gasteiger partial charge in [-0.1, -0.05) is 37.6 Å². The molecule has 0 saturated heterocycles. The predicted molar refractivity (Wildman–Crippen MR) is 62.4 cm³/mol. The lowest BCUT2D eigenvalue weighted by Crippen LogP contribution is -2.20. The molecule has 0 heterocycles. The molecule has 0 unspecified atom stereocenters. The largest absolute Gasteiger partial charge is 0.299 e. The average molecular weight is 211 g/mol. The van der Waals surface area contributed by atoms with E-state index in [1.807, 2.05) is 12.1 Å². The zero-order valence-corrected chi connectivity index (χ0v) is 9.59. The summed E-state index contributed by atoms with van der Waals surface area (Å²) in [6.45, 7) is 8.72. The van der Waals surface area contributed by atoms with Gasteiger partial charge in [0, 0.05) is 11.6 Å². The van der Waals surface area contributed by atoms with E-state index in [0.29, 0.717) is 0 Å². The second-order valence-corrected chi connectivity index (χ2v) is 3.67.